The smallest absolute Gasteiger partial charge is 0.180 e. The molecule has 0 radical (unpaired) electrons. The summed E-state index contributed by atoms with van der Waals surface area (Å²) < 4.78 is 0. The van der Waals surface area contributed by atoms with Crippen molar-refractivity contribution in [3.63, 3.8) is 0 Å². The standard InChI is InChI=1S/C10H17NO2/c1-10(2,3)7-4-5-8(11-13)9(12)6-7/h7,13H,4-6H2,1-3H3/b11-8+. The summed E-state index contributed by atoms with van der Waals surface area (Å²) in [5.74, 6) is 0.430. The van der Waals surface area contributed by atoms with Gasteiger partial charge in [0.1, 0.15) is 5.71 Å². The van der Waals surface area contributed by atoms with Crippen LogP contribution in [0.4, 0.5) is 0 Å². The van der Waals surface area contributed by atoms with E-state index in [1.165, 1.54) is 0 Å². The first-order valence-electron chi connectivity index (χ1n) is 4.69. The van der Waals surface area contributed by atoms with Crippen LogP contribution in [0.15, 0.2) is 5.16 Å². The fraction of sp³-hybridized carbons (Fsp3) is 0.800. The van der Waals surface area contributed by atoms with Crippen molar-refractivity contribution in [3.8, 4) is 0 Å². The molecule has 74 valence electrons. The van der Waals surface area contributed by atoms with E-state index in [0.29, 0.717) is 24.5 Å². The van der Waals surface area contributed by atoms with Gasteiger partial charge >= 0.3 is 0 Å². The Bertz CT molecular complexity index is 238. The van der Waals surface area contributed by atoms with E-state index >= 15 is 0 Å². The van der Waals surface area contributed by atoms with Crippen molar-refractivity contribution in [2.45, 2.75) is 40.0 Å². The molecule has 1 aliphatic carbocycles. The van der Waals surface area contributed by atoms with Crippen LogP contribution in [0.1, 0.15) is 40.0 Å². The quantitative estimate of drug-likeness (QED) is 0.462. The maximum Gasteiger partial charge on any atom is 0.180 e. The second kappa shape index (κ2) is 3.48. The average Bonchev–Trinajstić information content (AvgIpc) is 2.02. The third kappa shape index (κ3) is 2.29. The lowest BCUT2D eigenvalue weighted by molar-refractivity contribution is -0.115. The van der Waals surface area contributed by atoms with Crippen LogP contribution in [-0.4, -0.2) is 16.7 Å². The van der Waals surface area contributed by atoms with Crippen LogP contribution in [-0.2, 0) is 4.79 Å². The van der Waals surface area contributed by atoms with Crippen LogP contribution in [0.2, 0.25) is 0 Å². The van der Waals surface area contributed by atoms with Gasteiger partial charge in [0, 0.05) is 6.42 Å². The van der Waals surface area contributed by atoms with Crippen LogP contribution < -0.4 is 0 Å². The number of carbonyl (C=O) groups excluding carboxylic acids is 1. The van der Waals surface area contributed by atoms with Crippen LogP contribution >= 0.6 is 0 Å². The van der Waals surface area contributed by atoms with Crippen LogP contribution in [0.25, 0.3) is 0 Å². The van der Waals surface area contributed by atoms with Gasteiger partial charge < -0.3 is 5.21 Å². The van der Waals surface area contributed by atoms with E-state index in [-0.39, 0.29) is 11.2 Å². The molecule has 1 rings (SSSR count). The molecule has 0 aliphatic heterocycles. The molecule has 3 heteroatoms. The number of hydrogen-bond acceptors (Lipinski definition) is 3. The largest absolute Gasteiger partial charge is 0.411 e. The maximum atomic E-state index is 11.4. The third-order valence-electron chi connectivity index (χ3n) is 2.83. The first-order valence-corrected chi connectivity index (χ1v) is 4.69. The summed E-state index contributed by atoms with van der Waals surface area (Å²) in [5.41, 5.74) is 0.525. The zero-order valence-electron chi connectivity index (χ0n) is 8.50. The third-order valence-corrected chi connectivity index (χ3v) is 2.83. The summed E-state index contributed by atoms with van der Waals surface area (Å²) in [6.45, 7) is 6.43. The molecule has 0 aromatic rings. The summed E-state index contributed by atoms with van der Waals surface area (Å²) in [6.07, 6.45) is 2.11. The summed E-state index contributed by atoms with van der Waals surface area (Å²) in [5, 5.41) is 11.5. The molecule has 0 saturated heterocycles. The fourth-order valence-electron chi connectivity index (χ4n) is 1.74. The van der Waals surface area contributed by atoms with Crippen molar-refractivity contribution < 1.29 is 10.0 Å². The van der Waals surface area contributed by atoms with Gasteiger partial charge in [0.2, 0.25) is 0 Å². The highest BCUT2D eigenvalue weighted by molar-refractivity contribution is 6.40. The molecular formula is C10H17NO2. The van der Waals surface area contributed by atoms with E-state index in [0.717, 1.165) is 6.42 Å². The van der Waals surface area contributed by atoms with Crippen molar-refractivity contribution in [2.24, 2.45) is 16.5 Å². The SMILES string of the molecule is CC(C)(C)C1CC/C(=N\O)C(=O)C1. The molecule has 0 heterocycles. The molecule has 0 amide bonds. The molecular weight excluding hydrogens is 166 g/mol. The van der Waals surface area contributed by atoms with E-state index in [1.807, 2.05) is 0 Å². The molecule has 1 aliphatic rings. The molecule has 0 spiro atoms. The number of carbonyl (C=O) groups is 1. The number of hydrogen-bond donors (Lipinski definition) is 1. The Hall–Kier alpha value is -0.860. The zero-order valence-corrected chi connectivity index (χ0v) is 8.50. The molecule has 1 atom stereocenters. The average molecular weight is 183 g/mol. The highest BCUT2D eigenvalue weighted by Crippen LogP contribution is 2.35. The monoisotopic (exact) mass is 183 g/mol. The molecule has 0 aromatic heterocycles. The second-order valence-corrected chi connectivity index (χ2v) is 4.78. The summed E-state index contributed by atoms with van der Waals surface area (Å²) in [4.78, 5) is 11.4. The molecule has 1 saturated carbocycles. The van der Waals surface area contributed by atoms with Gasteiger partial charge in [-0.25, -0.2) is 0 Å². The summed E-state index contributed by atoms with van der Waals surface area (Å²) >= 11 is 0. The first kappa shape index (κ1) is 10.2. The van der Waals surface area contributed by atoms with Crippen molar-refractivity contribution in [1.82, 2.24) is 0 Å². The van der Waals surface area contributed by atoms with E-state index in [1.54, 1.807) is 0 Å². The minimum Gasteiger partial charge on any atom is -0.411 e. The summed E-state index contributed by atoms with van der Waals surface area (Å²) in [6, 6.07) is 0. The second-order valence-electron chi connectivity index (χ2n) is 4.78. The van der Waals surface area contributed by atoms with E-state index in [9.17, 15) is 4.79 Å². The lowest BCUT2D eigenvalue weighted by atomic mass is 9.71. The Labute approximate surface area is 78.8 Å². The van der Waals surface area contributed by atoms with Crippen LogP contribution in [0.5, 0.6) is 0 Å². The van der Waals surface area contributed by atoms with Crippen molar-refractivity contribution in [2.75, 3.05) is 0 Å². The Morgan fingerprint density at radius 3 is 2.46 bits per heavy atom. The van der Waals surface area contributed by atoms with E-state index < -0.39 is 0 Å². The van der Waals surface area contributed by atoms with Gasteiger partial charge in [-0.15, -0.1) is 0 Å². The highest BCUT2D eigenvalue weighted by atomic mass is 16.4. The molecule has 3 nitrogen and oxygen atoms in total. The Kier molecular flexibility index (Phi) is 2.74. The molecule has 1 fully saturated rings. The number of Topliss-reactive ketones (excluding diaryl/α,β-unsaturated/α-hetero) is 1. The topological polar surface area (TPSA) is 49.7 Å². The van der Waals surface area contributed by atoms with Gasteiger partial charge in [-0.1, -0.05) is 25.9 Å². The first-order chi connectivity index (χ1) is 5.95. The van der Waals surface area contributed by atoms with Gasteiger partial charge in [-0.2, -0.15) is 0 Å². The van der Waals surface area contributed by atoms with Crippen LogP contribution in [0.3, 0.4) is 0 Å². The number of oxime groups is 1. The Balaban J connectivity index is 2.67. The summed E-state index contributed by atoms with van der Waals surface area (Å²) in [7, 11) is 0. The highest BCUT2D eigenvalue weighted by Gasteiger charge is 2.32. The number of rotatable bonds is 0. The van der Waals surface area contributed by atoms with Crippen molar-refractivity contribution in [1.29, 1.82) is 0 Å². The Morgan fingerprint density at radius 1 is 1.46 bits per heavy atom. The maximum absolute atomic E-state index is 11.4. The van der Waals surface area contributed by atoms with Gasteiger partial charge in [-0.3, -0.25) is 4.79 Å². The Morgan fingerprint density at radius 2 is 2.08 bits per heavy atom. The van der Waals surface area contributed by atoms with E-state index in [4.69, 9.17) is 5.21 Å². The minimum absolute atomic E-state index is 0.00803. The molecule has 13 heavy (non-hydrogen) atoms. The van der Waals surface area contributed by atoms with Crippen molar-refractivity contribution in [3.05, 3.63) is 0 Å². The number of ketones is 1. The lowest BCUT2D eigenvalue weighted by Gasteiger charge is -2.33. The normalized spacial score (nSPS) is 28.1. The van der Waals surface area contributed by atoms with E-state index in [2.05, 4.69) is 25.9 Å². The lowest BCUT2D eigenvalue weighted by Crippen LogP contribution is -2.32. The van der Waals surface area contributed by atoms with Crippen LogP contribution in [0, 0.1) is 11.3 Å². The van der Waals surface area contributed by atoms with Gasteiger partial charge in [0.25, 0.3) is 0 Å². The van der Waals surface area contributed by atoms with Gasteiger partial charge in [-0.05, 0) is 24.2 Å². The molecule has 1 unspecified atom stereocenters. The predicted octanol–water partition coefficient (Wildman–Crippen LogP) is 2.23. The zero-order chi connectivity index (χ0) is 10.1. The van der Waals surface area contributed by atoms with Gasteiger partial charge in [0.15, 0.2) is 5.78 Å². The number of nitrogens with zero attached hydrogens (tertiary/aromatic N) is 1. The van der Waals surface area contributed by atoms with Crippen molar-refractivity contribution >= 4 is 11.5 Å². The fourth-order valence-corrected chi connectivity index (χ4v) is 1.74. The molecule has 0 aromatic carbocycles. The predicted molar refractivity (Wildman–Crippen MR) is 51.0 cm³/mol. The minimum atomic E-state index is 0.00803. The molecule has 0 bridgehead atoms. The van der Waals surface area contributed by atoms with Gasteiger partial charge in [0.05, 0.1) is 0 Å². The molecule has 1 N–H and O–H groups in total.